The molecule has 0 saturated carbocycles. The summed E-state index contributed by atoms with van der Waals surface area (Å²) in [6.45, 7) is 1.65. The molecular weight excluding hydrogens is 316 g/mol. The van der Waals surface area contributed by atoms with Crippen molar-refractivity contribution < 1.29 is 13.9 Å². The SMILES string of the molecule is CC(c1ncncc1F)C(O)(Cn1cncn1)c1ccc(F)cc1. The van der Waals surface area contributed by atoms with Crippen LogP contribution in [0.1, 0.15) is 24.1 Å². The largest absolute Gasteiger partial charge is 0.383 e. The summed E-state index contributed by atoms with van der Waals surface area (Å²) in [6.07, 6.45) is 5.04. The minimum atomic E-state index is -1.57. The Morgan fingerprint density at radius 1 is 1.17 bits per heavy atom. The number of aliphatic hydroxyl groups is 1. The molecule has 2 aromatic heterocycles. The summed E-state index contributed by atoms with van der Waals surface area (Å²) in [4.78, 5) is 11.4. The molecule has 0 aliphatic rings. The summed E-state index contributed by atoms with van der Waals surface area (Å²) < 4.78 is 28.8. The van der Waals surface area contributed by atoms with Gasteiger partial charge in [-0.1, -0.05) is 19.1 Å². The Hall–Kier alpha value is -2.74. The van der Waals surface area contributed by atoms with Crippen molar-refractivity contribution in [3.63, 3.8) is 0 Å². The molecule has 0 aliphatic carbocycles. The van der Waals surface area contributed by atoms with E-state index in [-0.39, 0.29) is 12.2 Å². The van der Waals surface area contributed by atoms with Crippen LogP contribution in [0, 0.1) is 11.6 Å². The summed E-state index contributed by atoms with van der Waals surface area (Å²) in [5, 5.41) is 15.3. The summed E-state index contributed by atoms with van der Waals surface area (Å²) >= 11 is 0. The van der Waals surface area contributed by atoms with Crippen molar-refractivity contribution in [1.82, 2.24) is 24.7 Å². The third-order valence-corrected chi connectivity index (χ3v) is 4.04. The van der Waals surface area contributed by atoms with Crippen LogP contribution in [0.5, 0.6) is 0 Å². The van der Waals surface area contributed by atoms with Crippen molar-refractivity contribution in [2.45, 2.75) is 25.0 Å². The topological polar surface area (TPSA) is 76.7 Å². The second-order valence-electron chi connectivity index (χ2n) is 5.50. The highest BCUT2D eigenvalue weighted by molar-refractivity contribution is 5.28. The number of rotatable bonds is 5. The van der Waals surface area contributed by atoms with Crippen LogP contribution in [0.4, 0.5) is 8.78 Å². The van der Waals surface area contributed by atoms with E-state index in [0.717, 1.165) is 6.20 Å². The molecule has 0 bridgehead atoms. The van der Waals surface area contributed by atoms with Gasteiger partial charge in [0.15, 0.2) is 5.82 Å². The molecule has 0 saturated heterocycles. The van der Waals surface area contributed by atoms with Gasteiger partial charge in [0.25, 0.3) is 0 Å². The van der Waals surface area contributed by atoms with Gasteiger partial charge in [-0.25, -0.2) is 28.4 Å². The van der Waals surface area contributed by atoms with Crippen molar-refractivity contribution in [3.8, 4) is 0 Å². The molecule has 0 radical (unpaired) electrons. The molecule has 8 heteroatoms. The lowest BCUT2D eigenvalue weighted by atomic mass is 9.80. The van der Waals surface area contributed by atoms with Gasteiger partial charge in [-0.05, 0) is 17.7 Å². The maximum atomic E-state index is 14.1. The molecule has 6 nitrogen and oxygen atoms in total. The molecule has 0 fully saturated rings. The van der Waals surface area contributed by atoms with Crippen LogP contribution in [0.25, 0.3) is 0 Å². The van der Waals surface area contributed by atoms with E-state index in [2.05, 4.69) is 20.1 Å². The normalized spacial score (nSPS) is 15.0. The van der Waals surface area contributed by atoms with Gasteiger partial charge >= 0.3 is 0 Å². The highest BCUT2D eigenvalue weighted by Gasteiger charge is 2.39. The van der Waals surface area contributed by atoms with Gasteiger partial charge in [0.1, 0.15) is 30.4 Å². The zero-order valence-electron chi connectivity index (χ0n) is 12.8. The zero-order chi connectivity index (χ0) is 17.2. The highest BCUT2D eigenvalue weighted by atomic mass is 19.1. The number of hydrogen-bond donors (Lipinski definition) is 1. The van der Waals surface area contributed by atoms with Crippen LogP contribution in [-0.4, -0.2) is 29.8 Å². The summed E-state index contributed by atoms with van der Waals surface area (Å²) in [5.41, 5.74) is -1.08. The average Bonchev–Trinajstić information content (AvgIpc) is 3.08. The van der Waals surface area contributed by atoms with E-state index < -0.39 is 23.2 Å². The van der Waals surface area contributed by atoms with Gasteiger partial charge in [0.2, 0.25) is 0 Å². The number of hydrogen-bond acceptors (Lipinski definition) is 5. The number of halogens is 2. The monoisotopic (exact) mass is 331 g/mol. The molecule has 2 heterocycles. The molecule has 2 atom stereocenters. The molecule has 1 aromatic carbocycles. The molecule has 3 aromatic rings. The standard InChI is InChI=1S/C16H15F2N5O/c1-11(15-14(18)6-19-8-21-15)16(24,7-23-10-20-9-22-23)12-2-4-13(17)5-3-12/h2-6,8-11,24H,7H2,1H3. The van der Waals surface area contributed by atoms with Crippen LogP contribution in [0.15, 0.2) is 49.4 Å². The van der Waals surface area contributed by atoms with E-state index >= 15 is 0 Å². The first-order valence-corrected chi connectivity index (χ1v) is 7.27. The van der Waals surface area contributed by atoms with E-state index in [1.165, 1.54) is 47.9 Å². The number of benzene rings is 1. The fourth-order valence-electron chi connectivity index (χ4n) is 2.64. The molecule has 0 aliphatic heterocycles. The van der Waals surface area contributed by atoms with E-state index in [4.69, 9.17) is 0 Å². The lowest BCUT2D eigenvalue weighted by Gasteiger charge is -2.34. The summed E-state index contributed by atoms with van der Waals surface area (Å²) in [6, 6.07) is 5.40. The molecule has 2 unspecified atom stereocenters. The summed E-state index contributed by atoms with van der Waals surface area (Å²) in [7, 11) is 0. The Morgan fingerprint density at radius 3 is 2.54 bits per heavy atom. The van der Waals surface area contributed by atoms with E-state index in [1.54, 1.807) is 6.92 Å². The average molecular weight is 331 g/mol. The maximum absolute atomic E-state index is 14.1. The van der Waals surface area contributed by atoms with Crippen LogP contribution >= 0.6 is 0 Å². The Kier molecular flexibility index (Phi) is 4.30. The van der Waals surface area contributed by atoms with Crippen LogP contribution < -0.4 is 0 Å². The molecule has 0 amide bonds. The van der Waals surface area contributed by atoms with Crippen LogP contribution in [0.3, 0.4) is 0 Å². The predicted molar refractivity (Wildman–Crippen MR) is 80.7 cm³/mol. The van der Waals surface area contributed by atoms with Gasteiger partial charge in [-0.3, -0.25) is 0 Å². The number of nitrogens with zero attached hydrogens (tertiary/aromatic N) is 5. The van der Waals surface area contributed by atoms with Crippen molar-refractivity contribution in [2.24, 2.45) is 0 Å². The van der Waals surface area contributed by atoms with Gasteiger partial charge in [-0.2, -0.15) is 5.10 Å². The lowest BCUT2D eigenvalue weighted by Crippen LogP contribution is -2.38. The Balaban J connectivity index is 2.07. The predicted octanol–water partition coefficient (Wildman–Crippen LogP) is 2.04. The summed E-state index contributed by atoms with van der Waals surface area (Å²) in [5.74, 6) is -1.79. The van der Waals surface area contributed by atoms with Gasteiger partial charge in [0, 0.05) is 5.92 Å². The first kappa shape index (κ1) is 16.1. The van der Waals surface area contributed by atoms with E-state index in [1.807, 2.05) is 0 Å². The minimum Gasteiger partial charge on any atom is -0.383 e. The highest BCUT2D eigenvalue weighted by Crippen LogP contribution is 2.38. The van der Waals surface area contributed by atoms with Crippen molar-refractivity contribution >= 4 is 0 Å². The van der Waals surface area contributed by atoms with Gasteiger partial charge < -0.3 is 5.11 Å². The zero-order valence-corrected chi connectivity index (χ0v) is 12.8. The first-order valence-electron chi connectivity index (χ1n) is 7.27. The van der Waals surface area contributed by atoms with Crippen molar-refractivity contribution in [3.05, 3.63) is 72.3 Å². The Morgan fingerprint density at radius 2 is 1.92 bits per heavy atom. The molecule has 0 spiro atoms. The third-order valence-electron chi connectivity index (χ3n) is 4.04. The van der Waals surface area contributed by atoms with E-state index in [9.17, 15) is 13.9 Å². The fraction of sp³-hybridized carbons (Fsp3) is 0.250. The second-order valence-corrected chi connectivity index (χ2v) is 5.50. The molecular formula is C16H15F2N5O. The van der Waals surface area contributed by atoms with Crippen LogP contribution in [-0.2, 0) is 12.1 Å². The van der Waals surface area contributed by atoms with Crippen LogP contribution in [0.2, 0.25) is 0 Å². The van der Waals surface area contributed by atoms with E-state index in [0.29, 0.717) is 5.56 Å². The quantitative estimate of drug-likeness (QED) is 0.774. The Labute approximate surface area is 136 Å². The molecule has 3 rings (SSSR count). The van der Waals surface area contributed by atoms with Crippen molar-refractivity contribution in [2.75, 3.05) is 0 Å². The maximum Gasteiger partial charge on any atom is 0.163 e. The smallest absolute Gasteiger partial charge is 0.163 e. The minimum absolute atomic E-state index is 0.00322. The lowest BCUT2D eigenvalue weighted by molar-refractivity contribution is -0.0103. The number of aromatic nitrogens is 5. The third kappa shape index (κ3) is 3.00. The molecule has 1 N–H and O–H groups in total. The van der Waals surface area contributed by atoms with Gasteiger partial charge in [0.05, 0.1) is 18.4 Å². The second kappa shape index (κ2) is 6.40. The van der Waals surface area contributed by atoms with Crippen molar-refractivity contribution in [1.29, 1.82) is 0 Å². The molecule has 24 heavy (non-hydrogen) atoms. The fourth-order valence-corrected chi connectivity index (χ4v) is 2.64. The molecule has 124 valence electrons. The Bertz CT molecular complexity index is 810. The first-order chi connectivity index (χ1) is 11.5. The van der Waals surface area contributed by atoms with Gasteiger partial charge in [-0.15, -0.1) is 0 Å².